The lowest BCUT2D eigenvalue weighted by molar-refractivity contribution is -0.246. The lowest BCUT2D eigenvalue weighted by atomic mass is 9.39. The molecule has 0 bridgehead atoms. The Morgan fingerprint density at radius 3 is 2.22 bits per heavy atom. The lowest BCUT2D eigenvalue weighted by Crippen LogP contribution is -2.73. The monoisotopic (exact) mass is 678 g/mol. The number of thiol groups is 2. The topological polar surface area (TPSA) is 134 Å². The normalized spacial score (nSPS) is 48.1. The second-order valence-corrected chi connectivity index (χ2v) is 17.6. The van der Waals surface area contributed by atoms with E-state index in [9.17, 15) is 30.0 Å². The predicted molar refractivity (Wildman–Crippen MR) is 182 cm³/mol. The molecule has 3 unspecified atom stereocenters. The fraction of sp³-hybridized carbons (Fsp3) is 0.778. The van der Waals surface area contributed by atoms with Gasteiger partial charge in [-0.05, 0) is 76.5 Å². The van der Waals surface area contributed by atoms with E-state index in [0.29, 0.717) is 38.5 Å². The van der Waals surface area contributed by atoms with Crippen molar-refractivity contribution in [1.82, 2.24) is 0 Å². The van der Waals surface area contributed by atoms with Gasteiger partial charge in [-0.15, -0.1) is 0 Å². The molecule has 0 amide bonds. The standard InChI is InChI=1S/C36H54O8S2/c1-7-9-27(40)43-20-32(5)23-13-16-36(46)24(35(23,45)15-14-25(32)38)12-11-21-22-17-31(3,4)30(44-28(41)10-8-2)29(42)34(22,19-37)26(39)18-33(21,36)6/h7-11,22-26,29-30,37-39,42,45-46H,12-20H2,1-6H3/b9-7+,10-8+/t22?,23?,24?,25-,26+,29-,30-,32+,33+,34-,35+,36-/m0/s1. The van der Waals surface area contributed by atoms with Crippen molar-refractivity contribution < 1.29 is 39.5 Å². The minimum absolute atomic E-state index is 0.0119. The van der Waals surface area contributed by atoms with Crippen LogP contribution in [0.25, 0.3) is 0 Å². The molecule has 10 heteroatoms. The summed E-state index contributed by atoms with van der Waals surface area (Å²) in [6.07, 6.45) is 8.33. The average molecular weight is 679 g/mol. The SMILES string of the molecule is C/C=C/C(=O)OC[C@]1(C)C2CC[C@]3(S)C(CC=C4C5CC(C)(C)[C@@H](OC(=O)/C=C/C)[C@H](O)[C@]5(CO)[C@H](O)C[C@]43C)[C@@]2(S)CC[C@@H]1O. The van der Waals surface area contributed by atoms with Crippen molar-refractivity contribution in [3.8, 4) is 0 Å². The van der Waals surface area contributed by atoms with Gasteiger partial charge in [-0.2, -0.15) is 25.3 Å². The lowest BCUT2D eigenvalue weighted by Gasteiger charge is -2.71. The largest absolute Gasteiger partial charge is 0.462 e. The van der Waals surface area contributed by atoms with Crippen molar-refractivity contribution >= 4 is 37.2 Å². The highest BCUT2D eigenvalue weighted by atomic mass is 32.1. The van der Waals surface area contributed by atoms with Crippen LogP contribution >= 0.6 is 25.3 Å². The number of carbonyl (C=O) groups is 2. The molecule has 5 rings (SSSR count). The summed E-state index contributed by atoms with van der Waals surface area (Å²) >= 11 is 11.1. The molecule has 5 aliphatic rings. The Kier molecular flexibility index (Phi) is 9.57. The minimum atomic E-state index is -1.31. The summed E-state index contributed by atoms with van der Waals surface area (Å²) in [4.78, 5) is 24.9. The first kappa shape index (κ1) is 36.0. The van der Waals surface area contributed by atoms with Crippen LogP contribution in [0.15, 0.2) is 36.0 Å². The average Bonchev–Trinajstić information content (AvgIpc) is 2.97. The van der Waals surface area contributed by atoms with Crippen molar-refractivity contribution in [2.24, 2.45) is 39.4 Å². The first-order valence-corrected chi connectivity index (χ1v) is 17.8. The quantitative estimate of drug-likeness (QED) is 0.104. The van der Waals surface area contributed by atoms with E-state index in [1.54, 1.807) is 26.0 Å². The van der Waals surface area contributed by atoms with Crippen LogP contribution in [0, 0.1) is 39.4 Å². The molecule has 4 N–H and O–H groups in total. The predicted octanol–water partition coefficient (Wildman–Crippen LogP) is 4.60. The van der Waals surface area contributed by atoms with Crippen molar-refractivity contribution in [3.63, 3.8) is 0 Å². The Labute approximate surface area is 284 Å². The highest BCUT2D eigenvalue weighted by Gasteiger charge is 2.73. The zero-order valence-corrected chi connectivity index (χ0v) is 29.9. The first-order chi connectivity index (χ1) is 21.4. The molecule has 4 saturated carbocycles. The summed E-state index contributed by atoms with van der Waals surface area (Å²) in [5.74, 6) is -1.41. The van der Waals surface area contributed by atoms with E-state index in [2.05, 4.69) is 13.0 Å². The number of carbonyl (C=O) groups excluding carboxylic acids is 2. The second kappa shape index (κ2) is 12.2. The number of aliphatic hydroxyl groups excluding tert-OH is 4. The van der Waals surface area contributed by atoms with Crippen LogP contribution in [0.1, 0.15) is 86.5 Å². The van der Waals surface area contributed by atoms with Crippen LogP contribution in [0.2, 0.25) is 0 Å². The number of hydrogen-bond acceptors (Lipinski definition) is 10. The Bertz CT molecular complexity index is 1310. The maximum absolute atomic E-state index is 12.6. The van der Waals surface area contributed by atoms with Crippen LogP contribution in [0.3, 0.4) is 0 Å². The number of ether oxygens (including phenoxy) is 2. The van der Waals surface area contributed by atoms with Gasteiger partial charge in [0, 0.05) is 37.9 Å². The highest BCUT2D eigenvalue weighted by Crippen LogP contribution is 2.73. The van der Waals surface area contributed by atoms with E-state index < -0.39 is 74.1 Å². The van der Waals surface area contributed by atoms with Gasteiger partial charge in [0.05, 0.1) is 30.8 Å². The summed E-state index contributed by atoms with van der Waals surface area (Å²) < 4.78 is 10.4. The van der Waals surface area contributed by atoms with Crippen LogP contribution < -0.4 is 0 Å². The smallest absolute Gasteiger partial charge is 0.330 e. The molecule has 8 nitrogen and oxygen atoms in total. The van der Waals surface area contributed by atoms with Crippen molar-refractivity contribution in [3.05, 3.63) is 36.0 Å². The highest BCUT2D eigenvalue weighted by molar-refractivity contribution is 7.83. The van der Waals surface area contributed by atoms with E-state index in [-0.39, 0.29) is 30.8 Å². The molecule has 5 aliphatic carbocycles. The molecule has 0 spiro atoms. The molecule has 258 valence electrons. The maximum Gasteiger partial charge on any atom is 0.330 e. The molecule has 0 aliphatic heterocycles. The fourth-order valence-corrected chi connectivity index (χ4v) is 12.5. The number of hydrogen-bond donors (Lipinski definition) is 6. The summed E-state index contributed by atoms with van der Waals surface area (Å²) in [7, 11) is 0. The third kappa shape index (κ3) is 5.01. The summed E-state index contributed by atoms with van der Waals surface area (Å²) in [5.41, 5.74) is -2.13. The molecule has 0 aromatic carbocycles. The number of rotatable bonds is 6. The number of aliphatic hydroxyl groups is 4. The Morgan fingerprint density at radius 1 is 0.935 bits per heavy atom. The van der Waals surface area contributed by atoms with Crippen LogP contribution in [-0.4, -0.2) is 79.5 Å². The number of esters is 2. The molecule has 0 heterocycles. The molecular formula is C36H54O8S2. The molecule has 46 heavy (non-hydrogen) atoms. The van der Waals surface area contributed by atoms with Crippen LogP contribution in [0.4, 0.5) is 0 Å². The van der Waals surface area contributed by atoms with Gasteiger partial charge in [-0.25, -0.2) is 9.59 Å². The van der Waals surface area contributed by atoms with Gasteiger partial charge in [-0.1, -0.05) is 51.5 Å². The first-order valence-electron chi connectivity index (χ1n) is 16.9. The number of fused-ring (bicyclic) bond motifs is 7. The van der Waals surface area contributed by atoms with Gasteiger partial charge in [-0.3, -0.25) is 0 Å². The van der Waals surface area contributed by atoms with Crippen LogP contribution in [-0.2, 0) is 19.1 Å². The zero-order valence-electron chi connectivity index (χ0n) is 28.1. The molecule has 12 atom stereocenters. The van der Waals surface area contributed by atoms with E-state index in [1.165, 1.54) is 12.2 Å². The summed E-state index contributed by atoms with van der Waals surface area (Å²) in [6.45, 7) is 11.2. The van der Waals surface area contributed by atoms with E-state index in [4.69, 9.17) is 34.7 Å². The molecule has 0 saturated heterocycles. The van der Waals surface area contributed by atoms with Gasteiger partial charge < -0.3 is 29.9 Å². The Balaban J connectivity index is 1.54. The molecule has 0 aromatic rings. The van der Waals surface area contributed by atoms with Gasteiger partial charge >= 0.3 is 11.9 Å². The molecular weight excluding hydrogens is 625 g/mol. The minimum Gasteiger partial charge on any atom is -0.462 e. The van der Waals surface area contributed by atoms with Crippen molar-refractivity contribution in [2.75, 3.05) is 13.2 Å². The maximum atomic E-state index is 12.6. The zero-order chi connectivity index (χ0) is 34.1. The molecule has 0 aromatic heterocycles. The van der Waals surface area contributed by atoms with E-state index in [1.807, 2.05) is 20.8 Å². The van der Waals surface area contributed by atoms with E-state index >= 15 is 0 Å². The number of allylic oxidation sites excluding steroid dienone is 4. The Morgan fingerprint density at radius 2 is 1.59 bits per heavy atom. The van der Waals surface area contributed by atoms with Crippen molar-refractivity contribution in [1.29, 1.82) is 0 Å². The molecule has 4 fully saturated rings. The van der Waals surface area contributed by atoms with Gasteiger partial charge in [0.25, 0.3) is 0 Å². The van der Waals surface area contributed by atoms with Crippen LogP contribution in [0.5, 0.6) is 0 Å². The van der Waals surface area contributed by atoms with Crippen molar-refractivity contribution in [2.45, 2.75) is 120 Å². The van der Waals surface area contributed by atoms with Gasteiger partial charge in [0.15, 0.2) is 0 Å². The van der Waals surface area contributed by atoms with Gasteiger partial charge in [0.2, 0.25) is 0 Å². The summed E-state index contributed by atoms with van der Waals surface area (Å²) in [6, 6.07) is 0. The second-order valence-electron chi connectivity index (χ2n) is 16.0. The fourth-order valence-electron chi connectivity index (χ4n) is 10.8. The Hall–Kier alpha value is -1.30. The van der Waals surface area contributed by atoms with Gasteiger partial charge in [0.1, 0.15) is 12.2 Å². The summed E-state index contributed by atoms with van der Waals surface area (Å²) in [5, 5.41) is 46.4. The molecule has 0 radical (unpaired) electrons. The van der Waals surface area contributed by atoms with E-state index in [0.717, 1.165) is 5.57 Å². The third-order valence-electron chi connectivity index (χ3n) is 13.4. The third-order valence-corrected chi connectivity index (χ3v) is 15.2.